The third kappa shape index (κ3) is 3.15. The molecule has 106 valence electrons. The lowest BCUT2D eigenvalue weighted by atomic mass is 9.93. The van der Waals surface area contributed by atoms with Gasteiger partial charge in [0.25, 0.3) is 0 Å². The fourth-order valence-corrected chi connectivity index (χ4v) is 1.97. The number of benzene rings is 2. The topological polar surface area (TPSA) is 55.5 Å². The summed E-state index contributed by atoms with van der Waals surface area (Å²) in [4.78, 5) is 0. The molecule has 1 unspecified atom stereocenters. The van der Waals surface area contributed by atoms with Crippen molar-refractivity contribution < 1.29 is 14.2 Å². The molecular weight excluding hydrogens is 257 g/mol. The van der Waals surface area contributed by atoms with Crippen LogP contribution in [0.2, 0.25) is 0 Å². The second kappa shape index (κ2) is 6.03. The summed E-state index contributed by atoms with van der Waals surface area (Å²) in [7, 11) is 0. The molecule has 3 N–H and O–H groups in total. The molecule has 0 spiro atoms. The minimum absolute atomic E-state index is 0.111. The molecule has 3 nitrogen and oxygen atoms in total. The van der Waals surface area contributed by atoms with Gasteiger partial charge in [-0.05, 0) is 36.2 Å². The summed E-state index contributed by atoms with van der Waals surface area (Å²) in [5.74, 6) is 0.254. The van der Waals surface area contributed by atoms with Crippen molar-refractivity contribution in [3.05, 3.63) is 65.5 Å². The van der Waals surface area contributed by atoms with Crippen LogP contribution in [0, 0.1) is 12.7 Å². The van der Waals surface area contributed by atoms with Gasteiger partial charge in [-0.2, -0.15) is 0 Å². The van der Waals surface area contributed by atoms with Gasteiger partial charge in [-0.1, -0.05) is 30.3 Å². The van der Waals surface area contributed by atoms with E-state index in [0.717, 1.165) is 5.56 Å². The molecule has 0 aliphatic heterocycles. The van der Waals surface area contributed by atoms with E-state index in [1.165, 1.54) is 12.1 Å². The third-order valence-corrected chi connectivity index (χ3v) is 3.25. The van der Waals surface area contributed by atoms with Crippen LogP contribution in [0.4, 0.5) is 4.39 Å². The zero-order valence-electron chi connectivity index (χ0n) is 11.3. The Morgan fingerprint density at radius 3 is 2.50 bits per heavy atom. The zero-order chi connectivity index (χ0) is 14.6. The molecule has 2 rings (SSSR count). The van der Waals surface area contributed by atoms with Gasteiger partial charge in [0.2, 0.25) is 0 Å². The number of aliphatic hydroxyl groups is 1. The Hall–Kier alpha value is -1.91. The minimum Gasteiger partial charge on any atom is -0.491 e. The number of halogens is 1. The highest BCUT2D eigenvalue weighted by Gasteiger charge is 2.27. The maximum absolute atomic E-state index is 13.0. The molecule has 0 fully saturated rings. The molecule has 0 aliphatic rings. The standard InChI is InChI=1S/C16H18FNO2/c1-12-9-14(17)7-8-15(12)20-11-16(18,10-19)13-5-3-2-4-6-13/h2-9,19H,10-11,18H2,1H3. The molecule has 0 radical (unpaired) electrons. The monoisotopic (exact) mass is 275 g/mol. The molecule has 0 heterocycles. The van der Waals surface area contributed by atoms with Gasteiger partial charge in [0, 0.05) is 0 Å². The van der Waals surface area contributed by atoms with Gasteiger partial charge in [0.15, 0.2) is 0 Å². The van der Waals surface area contributed by atoms with E-state index in [9.17, 15) is 9.50 Å². The van der Waals surface area contributed by atoms with Crippen molar-refractivity contribution in [1.29, 1.82) is 0 Å². The van der Waals surface area contributed by atoms with E-state index in [-0.39, 0.29) is 19.0 Å². The SMILES string of the molecule is Cc1cc(F)ccc1OCC(N)(CO)c1ccccc1. The van der Waals surface area contributed by atoms with Crippen LogP contribution >= 0.6 is 0 Å². The first kappa shape index (κ1) is 14.5. The zero-order valence-corrected chi connectivity index (χ0v) is 11.3. The van der Waals surface area contributed by atoms with E-state index in [0.29, 0.717) is 11.3 Å². The van der Waals surface area contributed by atoms with E-state index in [4.69, 9.17) is 10.5 Å². The van der Waals surface area contributed by atoms with Crippen LogP contribution < -0.4 is 10.5 Å². The van der Waals surface area contributed by atoms with Crippen molar-refractivity contribution in [3.8, 4) is 5.75 Å². The maximum atomic E-state index is 13.0. The summed E-state index contributed by atoms with van der Waals surface area (Å²) >= 11 is 0. The first-order chi connectivity index (χ1) is 9.55. The first-order valence-electron chi connectivity index (χ1n) is 6.39. The van der Waals surface area contributed by atoms with Crippen molar-refractivity contribution in [3.63, 3.8) is 0 Å². The number of hydrogen-bond donors (Lipinski definition) is 2. The van der Waals surface area contributed by atoms with E-state index in [1.54, 1.807) is 13.0 Å². The Morgan fingerprint density at radius 1 is 1.20 bits per heavy atom. The summed E-state index contributed by atoms with van der Waals surface area (Å²) < 4.78 is 18.7. The summed E-state index contributed by atoms with van der Waals surface area (Å²) in [5.41, 5.74) is 6.70. The Morgan fingerprint density at radius 2 is 1.90 bits per heavy atom. The molecule has 0 amide bonds. The minimum atomic E-state index is -0.984. The quantitative estimate of drug-likeness (QED) is 0.880. The highest BCUT2D eigenvalue weighted by molar-refractivity contribution is 5.33. The predicted molar refractivity (Wildman–Crippen MR) is 76.0 cm³/mol. The fourth-order valence-electron chi connectivity index (χ4n) is 1.97. The largest absolute Gasteiger partial charge is 0.491 e. The number of aliphatic hydroxyl groups excluding tert-OH is 1. The van der Waals surface area contributed by atoms with E-state index in [1.807, 2.05) is 30.3 Å². The number of rotatable bonds is 5. The Balaban J connectivity index is 2.15. The van der Waals surface area contributed by atoms with Crippen LogP contribution in [-0.2, 0) is 5.54 Å². The lowest BCUT2D eigenvalue weighted by molar-refractivity contribution is 0.132. The number of hydrogen-bond acceptors (Lipinski definition) is 3. The molecule has 20 heavy (non-hydrogen) atoms. The number of aryl methyl sites for hydroxylation is 1. The third-order valence-electron chi connectivity index (χ3n) is 3.25. The molecule has 0 bridgehead atoms. The van der Waals surface area contributed by atoms with Gasteiger partial charge in [-0.25, -0.2) is 4.39 Å². The van der Waals surface area contributed by atoms with E-state index >= 15 is 0 Å². The second-order valence-corrected chi connectivity index (χ2v) is 4.88. The van der Waals surface area contributed by atoms with Gasteiger partial charge in [-0.3, -0.25) is 0 Å². The predicted octanol–water partition coefficient (Wildman–Crippen LogP) is 2.36. The Bertz CT molecular complexity index is 574. The Kier molecular flexibility index (Phi) is 4.37. The van der Waals surface area contributed by atoms with Crippen LogP contribution in [-0.4, -0.2) is 18.3 Å². The number of ether oxygens (including phenoxy) is 1. The summed E-state index contributed by atoms with van der Waals surface area (Å²) in [6, 6.07) is 13.6. The van der Waals surface area contributed by atoms with Crippen molar-refractivity contribution in [2.24, 2.45) is 5.73 Å². The summed E-state index contributed by atoms with van der Waals surface area (Å²) in [6.07, 6.45) is 0. The average Bonchev–Trinajstić information content (AvgIpc) is 2.47. The molecule has 0 saturated carbocycles. The maximum Gasteiger partial charge on any atom is 0.123 e. The fraction of sp³-hybridized carbons (Fsp3) is 0.250. The molecule has 0 aromatic heterocycles. The van der Waals surface area contributed by atoms with Crippen molar-refractivity contribution in [1.82, 2.24) is 0 Å². The molecule has 2 aromatic rings. The van der Waals surface area contributed by atoms with Gasteiger partial charge >= 0.3 is 0 Å². The average molecular weight is 275 g/mol. The van der Waals surface area contributed by atoms with Gasteiger partial charge in [-0.15, -0.1) is 0 Å². The first-order valence-corrected chi connectivity index (χ1v) is 6.39. The van der Waals surface area contributed by atoms with E-state index < -0.39 is 5.54 Å². The lowest BCUT2D eigenvalue weighted by Gasteiger charge is -2.28. The van der Waals surface area contributed by atoms with Crippen molar-refractivity contribution in [2.75, 3.05) is 13.2 Å². The van der Waals surface area contributed by atoms with Crippen molar-refractivity contribution in [2.45, 2.75) is 12.5 Å². The Labute approximate surface area is 117 Å². The smallest absolute Gasteiger partial charge is 0.123 e. The van der Waals surface area contributed by atoms with E-state index in [2.05, 4.69) is 0 Å². The van der Waals surface area contributed by atoms with Crippen LogP contribution in [0.15, 0.2) is 48.5 Å². The normalized spacial score (nSPS) is 13.8. The second-order valence-electron chi connectivity index (χ2n) is 4.88. The van der Waals surface area contributed by atoms with Gasteiger partial charge < -0.3 is 15.6 Å². The summed E-state index contributed by atoms with van der Waals surface area (Å²) in [6.45, 7) is 1.63. The highest BCUT2D eigenvalue weighted by atomic mass is 19.1. The highest BCUT2D eigenvalue weighted by Crippen LogP contribution is 2.23. The molecule has 4 heteroatoms. The van der Waals surface area contributed by atoms with Gasteiger partial charge in [0.1, 0.15) is 18.2 Å². The van der Waals surface area contributed by atoms with Crippen LogP contribution in [0.25, 0.3) is 0 Å². The van der Waals surface area contributed by atoms with Crippen LogP contribution in [0.1, 0.15) is 11.1 Å². The summed E-state index contributed by atoms with van der Waals surface area (Å²) in [5, 5.41) is 9.57. The molecule has 0 aliphatic carbocycles. The van der Waals surface area contributed by atoms with Gasteiger partial charge in [0.05, 0.1) is 12.1 Å². The van der Waals surface area contributed by atoms with Crippen molar-refractivity contribution >= 4 is 0 Å². The molecular formula is C16H18FNO2. The van der Waals surface area contributed by atoms with Crippen LogP contribution in [0.3, 0.4) is 0 Å². The molecule has 1 atom stereocenters. The number of nitrogens with two attached hydrogens (primary N) is 1. The molecule has 0 saturated heterocycles. The van der Waals surface area contributed by atoms with Crippen LogP contribution in [0.5, 0.6) is 5.75 Å². The lowest BCUT2D eigenvalue weighted by Crippen LogP contribution is -2.46. The molecule has 2 aromatic carbocycles.